The smallest absolute Gasteiger partial charge is 0.345 e. The van der Waals surface area contributed by atoms with Gasteiger partial charge in [-0.15, -0.1) is 0 Å². The highest BCUT2D eigenvalue weighted by Crippen LogP contribution is 2.68. The van der Waals surface area contributed by atoms with Gasteiger partial charge in [-0.3, -0.25) is 14.6 Å². The van der Waals surface area contributed by atoms with Crippen LogP contribution in [0.5, 0.6) is 5.75 Å². The van der Waals surface area contributed by atoms with Crippen molar-refractivity contribution in [1.29, 1.82) is 0 Å². The number of nitrogens with zero attached hydrogens (tertiary/aromatic N) is 1. The number of pyridine rings is 1. The molecular weight excluding hydrogens is 550 g/mol. The summed E-state index contributed by atoms with van der Waals surface area (Å²) >= 11 is 0. The summed E-state index contributed by atoms with van der Waals surface area (Å²) in [6.07, 6.45) is 7.02. The fourth-order valence-electron chi connectivity index (χ4n) is 9.10. The number of fused-ring (bicyclic) bond motifs is 4. The minimum atomic E-state index is -1.22. The van der Waals surface area contributed by atoms with Crippen LogP contribution in [0.25, 0.3) is 11.3 Å². The Morgan fingerprint density at radius 1 is 1.16 bits per heavy atom. The third kappa shape index (κ3) is 4.78. The van der Waals surface area contributed by atoms with Crippen molar-refractivity contribution in [1.82, 2.24) is 4.98 Å². The number of carbonyl (C=O) groups excluding carboxylic acids is 2. The zero-order valence-electron chi connectivity index (χ0n) is 25.8. The van der Waals surface area contributed by atoms with Crippen molar-refractivity contribution in [3.63, 3.8) is 0 Å². The first-order valence-electron chi connectivity index (χ1n) is 15.7. The summed E-state index contributed by atoms with van der Waals surface area (Å²) in [5.74, 6) is -0.692. The van der Waals surface area contributed by atoms with Gasteiger partial charge in [-0.25, -0.2) is 4.79 Å². The molecule has 43 heavy (non-hydrogen) atoms. The molecule has 8 atom stereocenters. The fraction of sp³-hybridized carbons (Fsp3) is 0.647. The fourth-order valence-corrected chi connectivity index (χ4v) is 9.10. The quantitative estimate of drug-likeness (QED) is 0.439. The SMILES string of the molecule is CC(=O)OCC1(C)C2C[C@H](OC(=O)C3CCCC3)[C@@]3(C)Oc4cc(-c5cccnc5)oc(=O)c4[C@H](O)C3[C@@]2(C)CC[C@@H]1C. The van der Waals surface area contributed by atoms with Gasteiger partial charge in [0, 0.05) is 42.3 Å². The van der Waals surface area contributed by atoms with Gasteiger partial charge in [-0.1, -0.05) is 33.6 Å². The predicted octanol–water partition coefficient (Wildman–Crippen LogP) is 5.63. The highest BCUT2D eigenvalue weighted by Gasteiger charge is 2.70. The van der Waals surface area contributed by atoms with Crippen LogP contribution in [0.15, 0.2) is 39.8 Å². The van der Waals surface area contributed by atoms with Crippen molar-refractivity contribution >= 4 is 11.9 Å². The Morgan fingerprint density at radius 2 is 1.91 bits per heavy atom. The molecule has 0 amide bonds. The number of aromatic nitrogens is 1. The van der Waals surface area contributed by atoms with E-state index in [0.717, 1.165) is 38.5 Å². The molecule has 9 nitrogen and oxygen atoms in total. The number of carbonyl (C=O) groups is 2. The first-order chi connectivity index (χ1) is 20.4. The average Bonchev–Trinajstić information content (AvgIpc) is 3.51. The van der Waals surface area contributed by atoms with Crippen molar-refractivity contribution < 1.29 is 33.3 Å². The van der Waals surface area contributed by atoms with Crippen LogP contribution in [0, 0.1) is 34.5 Å². The van der Waals surface area contributed by atoms with E-state index >= 15 is 0 Å². The zero-order valence-corrected chi connectivity index (χ0v) is 25.8. The van der Waals surface area contributed by atoms with E-state index in [1.165, 1.54) is 6.92 Å². The lowest BCUT2D eigenvalue weighted by atomic mass is 9.41. The summed E-state index contributed by atoms with van der Waals surface area (Å²) in [4.78, 5) is 43.2. The normalized spacial score (nSPS) is 36.9. The van der Waals surface area contributed by atoms with E-state index in [4.69, 9.17) is 18.6 Å². The molecule has 0 radical (unpaired) electrons. The molecule has 3 unspecified atom stereocenters. The van der Waals surface area contributed by atoms with Crippen LogP contribution >= 0.6 is 0 Å². The summed E-state index contributed by atoms with van der Waals surface area (Å²) in [6.45, 7) is 10.0. The minimum absolute atomic E-state index is 0.0816. The van der Waals surface area contributed by atoms with Gasteiger partial charge >= 0.3 is 17.6 Å². The van der Waals surface area contributed by atoms with Gasteiger partial charge in [0.05, 0.1) is 18.6 Å². The van der Waals surface area contributed by atoms with E-state index in [1.54, 1.807) is 30.6 Å². The maximum Gasteiger partial charge on any atom is 0.345 e. The molecule has 2 aromatic rings. The molecule has 232 valence electrons. The number of hydrogen-bond acceptors (Lipinski definition) is 9. The second kappa shape index (κ2) is 10.8. The zero-order chi connectivity index (χ0) is 30.7. The third-order valence-corrected chi connectivity index (χ3v) is 11.6. The molecule has 9 heteroatoms. The molecule has 3 aliphatic carbocycles. The predicted molar refractivity (Wildman–Crippen MR) is 157 cm³/mol. The van der Waals surface area contributed by atoms with E-state index in [2.05, 4.69) is 25.8 Å². The lowest BCUT2D eigenvalue weighted by Crippen LogP contribution is -2.70. The van der Waals surface area contributed by atoms with Gasteiger partial charge in [-0.2, -0.15) is 0 Å². The van der Waals surface area contributed by atoms with Crippen LogP contribution in [0.4, 0.5) is 0 Å². The molecule has 1 aliphatic heterocycles. The molecule has 6 rings (SSSR count). The molecule has 3 saturated carbocycles. The second-order valence-corrected chi connectivity index (χ2v) is 14.1. The Bertz CT molecular complexity index is 1450. The molecule has 1 N–H and O–H groups in total. The van der Waals surface area contributed by atoms with Crippen molar-refractivity contribution in [2.24, 2.45) is 34.5 Å². The van der Waals surface area contributed by atoms with Gasteiger partial charge in [0.2, 0.25) is 0 Å². The number of aliphatic hydroxyl groups excluding tert-OH is 1. The van der Waals surface area contributed by atoms with Crippen LogP contribution in [0.3, 0.4) is 0 Å². The first-order valence-corrected chi connectivity index (χ1v) is 15.7. The molecule has 0 aromatic carbocycles. The second-order valence-electron chi connectivity index (χ2n) is 14.1. The lowest BCUT2D eigenvalue weighted by Gasteiger charge is -2.66. The van der Waals surface area contributed by atoms with Crippen LogP contribution in [-0.4, -0.2) is 40.3 Å². The maximum atomic E-state index is 13.5. The largest absolute Gasteiger partial charge is 0.482 e. The topological polar surface area (TPSA) is 125 Å². The highest BCUT2D eigenvalue weighted by molar-refractivity contribution is 5.73. The number of ether oxygens (including phenoxy) is 3. The van der Waals surface area contributed by atoms with E-state index in [0.29, 0.717) is 12.0 Å². The molecule has 0 spiro atoms. The average molecular weight is 594 g/mol. The highest BCUT2D eigenvalue weighted by atomic mass is 16.6. The van der Waals surface area contributed by atoms with Gasteiger partial charge in [0.1, 0.15) is 28.8 Å². The standard InChI is InChI=1S/C34H43NO8/c1-19-12-13-32(3)25(33(19,4)18-40-20(2)36)16-26(42-30(38)21-9-6-7-10-21)34(5)29(32)28(37)27-24(43-34)15-23(41-31(27)39)22-11-8-14-35-17-22/h8,11,14-15,17,19,21,25-26,28-29,37H,6-7,9-10,12-13,16,18H2,1-5H3/t19-,25?,26-,28-,29?,32-,33?,34+/m0/s1. The molecule has 0 saturated heterocycles. The van der Waals surface area contributed by atoms with Crippen molar-refractivity contribution in [3.8, 4) is 17.1 Å². The van der Waals surface area contributed by atoms with E-state index in [9.17, 15) is 19.5 Å². The first kappa shape index (κ1) is 29.9. The molecule has 0 bridgehead atoms. The van der Waals surface area contributed by atoms with E-state index in [-0.39, 0.29) is 53.4 Å². The van der Waals surface area contributed by atoms with Crippen LogP contribution in [0.2, 0.25) is 0 Å². The summed E-state index contributed by atoms with van der Waals surface area (Å²) in [6, 6.07) is 5.17. The van der Waals surface area contributed by atoms with Crippen LogP contribution in [-0.2, 0) is 19.1 Å². The van der Waals surface area contributed by atoms with Gasteiger partial charge < -0.3 is 23.7 Å². The third-order valence-electron chi connectivity index (χ3n) is 11.6. The number of esters is 2. The van der Waals surface area contributed by atoms with Gasteiger partial charge in [0.15, 0.2) is 0 Å². The summed E-state index contributed by atoms with van der Waals surface area (Å²) in [5, 5.41) is 12.2. The van der Waals surface area contributed by atoms with E-state index in [1.807, 2.05) is 6.92 Å². The van der Waals surface area contributed by atoms with Crippen molar-refractivity contribution in [2.45, 2.75) is 97.4 Å². The summed E-state index contributed by atoms with van der Waals surface area (Å²) in [7, 11) is 0. The summed E-state index contributed by atoms with van der Waals surface area (Å²) in [5.41, 5.74) is -2.09. The minimum Gasteiger partial charge on any atom is -0.482 e. The Balaban J connectivity index is 1.48. The molecular formula is C34H43NO8. The molecule has 2 aromatic heterocycles. The number of hydrogen-bond donors (Lipinski definition) is 1. The lowest BCUT2D eigenvalue weighted by molar-refractivity contribution is -0.263. The van der Waals surface area contributed by atoms with Crippen molar-refractivity contribution in [2.75, 3.05) is 6.61 Å². The molecule has 3 heterocycles. The summed E-state index contributed by atoms with van der Waals surface area (Å²) < 4.78 is 24.6. The number of rotatable bonds is 5. The van der Waals surface area contributed by atoms with Crippen LogP contribution < -0.4 is 10.4 Å². The van der Waals surface area contributed by atoms with Gasteiger partial charge in [0.25, 0.3) is 0 Å². The Hall–Kier alpha value is -3.20. The molecule has 4 aliphatic rings. The van der Waals surface area contributed by atoms with Crippen molar-refractivity contribution in [3.05, 3.63) is 46.6 Å². The Labute approximate surface area is 252 Å². The Kier molecular flexibility index (Phi) is 7.47. The van der Waals surface area contributed by atoms with Gasteiger partial charge in [-0.05, 0) is 68.4 Å². The van der Waals surface area contributed by atoms with E-state index < -0.39 is 40.2 Å². The van der Waals surface area contributed by atoms with Crippen LogP contribution in [0.1, 0.15) is 91.2 Å². The number of aliphatic hydroxyl groups is 1. The monoisotopic (exact) mass is 593 g/mol. The Morgan fingerprint density at radius 3 is 2.58 bits per heavy atom. The maximum absolute atomic E-state index is 13.5. The molecule has 3 fully saturated rings.